The predicted molar refractivity (Wildman–Crippen MR) is 82.3 cm³/mol. The second-order valence-corrected chi connectivity index (χ2v) is 5.50. The predicted octanol–water partition coefficient (Wildman–Crippen LogP) is 2.84. The molecule has 0 atom stereocenters. The minimum absolute atomic E-state index is 0.0269. The number of benzene rings is 1. The van der Waals surface area contributed by atoms with E-state index in [1.165, 1.54) is 12.1 Å². The van der Waals surface area contributed by atoms with Crippen LogP contribution in [0.5, 0.6) is 5.75 Å². The Morgan fingerprint density at radius 2 is 2.25 bits per heavy atom. The van der Waals surface area contributed by atoms with E-state index in [1.807, 2.05) is 14.0 Å². The van der Waals surface area contributed by atoms with E-state index < -0.39 is 5.82 Å². The molecule has 0 saturated heterocycles. The Kier molecular flexibility index (Phi) is 4.39. The molecule has 2 aromatic rings. The lowest BCUT2D eigenvalue weighted by atomic mass is 10.2. The third-order valence-electron chi connectivity index (χ3n) is 2.84. The van der Waals surface area contributed by atoms with Crippen LogP contribution in [0.15, 0.2) is 22.7 Å². The second-order valence-electron chi connectivity index (χ2n) is 4.26. The van der Waals surface area contributed by atoms with Crippen molar-refractivity contribution in [3.8, 4) is 5.75 Å². The van der Waals surface area contributed by atoms with Crippen molar-refractivity contribution >= 4 is 33.1 Å². The summed E-state index contributed by atoms with van der Waals surface area (Å²) in [5.41, 5.74) is 7.37. The van der Waals surface area contributed by atoms with Gasteiger partial charge in [-0.3, -0.25) is 4.68 Å². The molecule has 2 N–H and O–H groups in total. The summed E-state index contributed by atoms with van der Waals surface area (Å²) < 4.78 is 21.9. The lowest BCUT2D eigenvalue weighted by Gasteiger charge is -2.08. The molecule has 20 heavy (non-hydrogen) atoms. The van der Waals surface area contributed by atoms with E-state index in [0.717, 1.165) is 15.9 Å². The van der Waals surface area contributed by atoms with Gasteiger partial charge in [-0.25, -0.2) is 4.39 Å². The first-order chi connectivity index (χ1) is 9.40. The van der Waals surface area contributed by atoms with E-state index in [4.69, 9.17) is 22.7 Å². The average molecular weight is 358 g/mol. The minimum atomic E-state index is -0.491. The average Bonchev–Trinajstić information content (AvgIpc) is 2.61. The molecule has 0 unspecified atom stereocenters. The number of hydrogen-bond acceptors (Lipinski definition) is 3. The maximum absolute atomic E-state index is 13.7. The van der Waals surface area contributed by atoms with E-state index in [-0.39, 0.29) is 17.2 Å². The van der Waals surface area contributed by atoms with Crippen LogP contribution in [0.1, 0.15) is 17.0 Å². The summed E-state index contributed by atoms with van der Waals surface area (Å²) in [4.78, 5) is 0.0269. The molecule has 1 heterocycles. The van der Waals surface area contributed by atoms with Crippen LogP contribution in [0.25, 0.3) is 0 Å². The molecule has 0 saturated carbocycles. The van der Waals surface area contributed by atoms with Gasteiger partial charge >= 0.3 is 0 Å². The van der Waals surface area contributed by atoms with Crippen molar-refractivity contribution < 1.29 is 9.13 Å². The van der Waals surface area contributed by atoms with Crippen LogP contribution in [-0.2, 0) is 13.7 Å². The number of nitrogens with two attached hydrogens (primary N) is 1. The molecular weight excluding hydrogens is 345 g/mol. The van der Waals surface area contributed by atoms with Crippen LogP contribution >= 0.6 is 28.1 Å². The summed E-state index contributed by atoms with van der Waals surface area (Å²) in [5.74, 6) is -0.0801. The molecule has 0 bridgehead atoms. The van der Waals surface area contributed by atoms with Gasteiger partial charge in [0.1, 0.15) is 23.2 Å². The van der Waals surface area contributed by atoms with Crippen LogP contribution in [0.4, 0.5) is 4.39 Å². The Morgan fingerprint density at radius 3 is 2.75 bits per heavy atom. The lowest BCUT2D eigenvalue weighted by Crippen LogP contribution is -2.11. The summed E-state index contributed by atoms with van der Waals surface area (Å²) in [6.07, 6.45) is 0. The molecule has 0 fully saturated rings. The second kappa shape index (κ2) is 5.88. The first-order valence-electron chi connectivity index (χ1n) is 5.80. The van der Waals surface area contributed by atoms with Crippen LogP contribution in [0.2, 0.25) is 0 Å². The highest BCUT2D eigenvalue weighted by Crippen LogP contribution is 2.23. The molecular formula is C13H13BrFN3OS. The van der Waals surface area contributed by atoms with Gasteiger partial charge in [-0.05, 0) is 35.0 Å². The van der Waals surface area contributed by atoms with Gasteiger partial charge in [0.25, 0.3) is 0 Å². The molecule has 2 rings (SSSR count). The maximum Gasteiger partial charge on any atom is 0.137 e. The van der Waals surface area contributed by atoms with E-state index >= 15 is 0 Å². The van der Waals surface area contributed by atoms with Crippen molar-refractivity contribution in [2.75, 3.05) is 0 Å². The van der Waals surface area contributed by atoms with Gasteiger partial charge in [0.05, 0.1) is 15.9 Å². The normalized spacial score (nSPS) is 10.6. The highest BCUT2D eigenvalue weighted by molar-refractivity contribution is 9.10. The van der Waals surface area contributed by atoms with Gasteiger partial charge in [0.15, 0.2) is 0 Å². The number of aryl methyl sites for hydroxylation is 2. The van der Waals surface area contributed by atoms with Gasteiger partial charge in [-0.2, -0.15) is 5.10 Å². The van der Waals surface area contributed by atoms with Gasteiger partial charge in [0.2, 0.25) is 0 Å². The van der Waals surface area contributed by atoms with E-state index in [9.17, 15) is 4.39 Å². The fraction of sp³-hybridized carbons (Fsp3) is 0.231. The van der Waals surface area contributed by atoms with Gasteiger partial charge < -0.3 is 10.5 Å². The molecule has 0 radical (unpaired) electrons. The zero-order valence-electron chi connectivity index (χ0n) is 11.0. The minimum Gasteiger partial charge on any atom is -0.487 e. The van der Waals surface area contributed by atoms with Crippen molar-refractivity contribution in [2.45, 2.75) is 13.5 Å². The lowest BCUT2D eigenvalue weighted by molar-refractivity contribution is 0.292. The van der Waals surface area contributed by atoms with Crippen molar-refractivity contribution in [1.29, 1.82) is 0 Å². The smallest absolute Gasteiger partial charge is 0.137 e. The molecule has 0 aliphatic heterocycles. The number of rotatable bonds is 4. The zero-order valence-corrected chi connectivity index (χ0v) is 13.4. The number of aromatic nitrogens is 2. The molecule has 0 aliphatic carbocycles. The number of thiocarbonyl (C=S) groups is 1. The van der Waals surface area contributed by atoms with Crippen molar-refractivity contribution in [2.24, 2.45) is 12.8 Å². The Hall–Kier alpha value is -1.47. The maximum atomic E-state index is 13.7. The summed E-state index contributed by atoms with van der Waals surface area (Å²) in [7, 11) is 1.83. The number of halogens is 2. The van der Waals surface area contributed by atoms with Crippen LogP contribution in [-0.4, -0.2) is 14.8 Å². The Bertz CT molecular complexity index is 672. The van der Waals surface area contributed by atoms with E-state index in [1.54, 1.807) is 10.7 Å². The molecule has 0 aliphatic rings. The quantitative estimate of drug-likeness (QED) is 0.854. The van der Waals surface area contributed by atoms with Gasteiger partial charge in [-0.15, -0.1) is 0 Å². The fourth-order valence-electron chi connectivity index (χ4n) is 1.77. The van der Waals surface area contributed by atoms with Crippen molar-refractivity contribution in [3.05, 3.63) is 45.4 Å². The summed E-state index contributed by atoms with van der Waals surface area (Å²) in [5, 5.41) is 4.26. The summed E-state index contributed by atoms with van der Waals surface area (Å²) >= 11 is 8.20. The third kappa shape index (κ3) is 2.99. The van der Waals surface area contributed by atoms with E-state index in [0.29, 0.717) is 5.75 Å². The van der Waals surface area contributed by atoms with Crippen molar-refractivity contribution in [1.82, 2.24) is 9.78 Å². The topological polar surface area (TPSA) is 53.1 Å². The Morgan fingerprint density at radius 1 is 1.55 bits per heavy atom. The first-order valence-corrected chi connectivity index (χ1v) is 7.00. The number of nitrogens with zero attached hydrogens (tertiary/aromatic N) is 2. The summed E-state index contributed by atoms with van der Waals surface area (Å²) in [6.45, 7) is 2.17. The van der Waals surface area contributed by atoms with Crippen molar-refractivity contribution in [3.63, 3.8) is 0 Å². The highest BCUT2D eigenvalue weighted by atomic mass is 79.9. The molecule has 0 amide bonds. The van der Waals surface area contributed by atoms with Crippen LogP contribution in [0, 0.1) is 12.7 Å². The SMILES string of the molecule is Cc1nn(C)c(COc2ccc(C(N)=S)c(F)c2)c1Br. The van der Waals surface area contributed by atoms with E-state index in [2.05, 4.69) is 21.0 Å². The fourth-order valence-corrected chi connectivity index (χ4v) is 2.39. The molecule has 1 aromatic carbocycles. The zero-order chi connectivity index (χ0) is 14.9. The standard InChI is InChI=1S/C13H13BrFN3OS/c1-7-12(14)11(18(2)17-7)6-19-8-3-4-9(13(16)20)10(15)5-8/h3-5H,6H2,1-2H3,(H2,16,20). The molecule has 0 spiro atoms. The molecule has 1 aromatic heterocycles. The third-order valence-corrected chi connectivity index (χ3v) is 4.09. The number of ether oxygens (including phenoxy) is 1. The summed E-state index contributed by atoms with van der Waals surface area (Å²) in [6, 6.07) is 4.41. The Balaban J connectivity index is 2.15. The molecule has 106 valence electrons. The van der Waals surface area contributed by atoms with Crippen LogP contribution < -0.4 is 10.5 Å². The van der Waals surface area contributed by atoms with Crippen LogP contribution in [0.3, 0.4) is 0 Å². The molecule has 7 heteroatoms. The largest absolute Gasteiger partial charge is 0.487 e. The highest BCUT2D eigenvalue weighted by Gasteiger charge is 2.12. The van der Waals surface area contributed by atoms with Gasteiger partial charge in [-0.1, -0.05) is 12.2 Å². The Labute approximate surface area is 129 Å². The monoisotopic (exact) mass is 357 g/mol. The number of hydrogen-bond donors (Lipinski definition) is 1. The van der Waals surface area contributed by atoms with Gasteiger partial charge in [0, 0.05) is 18.7 Å². The first kappa shape index (κ1) is 14.9. The molecule has 4 nitrogen and oxygen atoms in total.